The van der Waals surface area contributed by atoms with Crippen LogP contribution in [-0.4, -0.2) is 28.6 Å². The quantitative estimate of drug-likeness (QED) is 0.149. The van der Waals surface area contributed by atoms with Crippen molar-refractivity contribution in [3.8, 4) is 22.5 Å². The third kappa shape index (κ3) is 8.39. The van der Waals surface area contributed by atoms with Gasteiger partial charge in [-0.1, -0.05) is 107 Å². The summed E-state index contributed by atoms with van der Waals surface area (Å²) in [5.41, 5.74) is 12.1. The number of primary amides is 1. The number of nitrogens with zero attached hydrogens (tertiary/aromatic N) is 3. The van der Waals surface area contributed by atoms with Crippen molar-refractivity contribution in [2.45, 2.75) is 13.8 Å². The number of nitrogens with two attached hydrogens (primary N) is 1. The molecule has 0 aliphatic rings. The average molecular weight is 758 g/mol. The zero-order valence-electron chi connectivity index (χ0n) is 27.2. The number of benzene rings is 4. The molecule has 2 amide bonds. The standard InChI is InChI=1S/C20H15Cl2N3O2.C19H14Cl2N2O/c1-12-5-2-3-6-14(12)18-13(11-26)9-10-17(24-18)25(20(23)27)19-15(21)7-4-8-16(19)22;1-12-5-2-3-6-14(12)18-13(11-24)9-10-17(22-18)23-19-15(20)7-4-8-16(19)21/h2-11H,1H3,(H2,23,27);2-11H,1H3,(H,22,23). The normalized spacial score (nSPS) is 10.5. The van der Waals surface area contributed by atoms with E-state index in [2.05, 4.69) is 15.3 Å². The molecular formula is C39H29Cl4N5O3. The minimum Gasteiger partial charge on any atom is -0.351 e. The number of aromatic nitrogens is 2. The Morgan fingerprint density at radius 2 is 1.10 bits per heavy atom. The SMILES string of the molecule is Cc1ccccc1-c1nc(N(C(N)=O)c2c(Cl)cccc2Cl)ccc1C=O.Cc1ccccc1-c1nc(Nc2c(Cl)cccc2Cl)ccc1C=O. The topological polar surface area (TPSA) is 118 Å². The monoisotopic (exact) mass is 755 g/mol. The largest absolute Gasteiger partial charge is 0.351 e. The number of hydrogen-bond acceptors (Lipinski definition) is 6. The first-order valence-corrected chi connectivity index (χ1v) is 16.8. The number of carbonyl (C=O) groups excluding carboxylic acids is 3. The third-order valence-corrected chi connectivity index (χ3v) is 8.96. The maximum atomic E-state index is 12.2. The van der Waals surface area contributed by atoms with Crippen LogP contribution >= 0.6 is 46.4 Å². The zero-order valence-corrected chi connectivity index (χ0v) is 30.2. The van der Waals surface area contributed by atoms with E-state index in [1.807, 2.05) is 62.4 Å². The van der Waals surface area contributed by atoms with Gasteiger partial charge in [0, 0.05) is 22.3 Å². The fourth-order valence-electron chi connectivity index (χ4n) is 5.21. The Bertz CT molecular complexity index is 2220. The van der Waals surface area contributed by atoms with E-state index in [0.29, 0.717) is 44.1 Å². The van der Waals surface area contributed by atoms with Crippen LogP contribution in [0.4, 0.5) is 27.8 Å². The summed E-state index contributed by atoms with van der Waals surface area (Å²) in [6, 6.07) is 31.2. The predicted octanol–water partition coefficient (Wildman–Crippen LogP) is 11.3. The summed E-state index contributed by atoms with van der Waals surface area (Å²) >= 11 is 24.9. The number of aldehydes is 2. The van der Waals surface area contributed by atoms with Gasteiger partial charge in [0.2, 0.25) is 0 Å². The summed E-state index contributed by atoms with van der Waals surface area (Å²) < 4.78 is 0. The van der Waals surface area contributed by atoms with Gasteiger partial charge in [0.15, 0.2) is 12.6 Å². The lowest BCUT2D eigenvalue weighted by Crippen LogP contribution is -2.32. The first-order valence-electron chi connectivity index (χ1n) is 15.3. The molecule has 0 bridgehead atoms. The Labute approximate surface area is 314 Å². The van der Waals surface area contributed by atoms with E-state index in [0.717, 1.165) is 39.7 Å². The molecule has 0 saturated heterocycles. The molecule has 6 rings (SSSR count). The Kier molecular flexibility index (Phi) is 12.1. The van der Waals surface area contributed by atoms with E-state index in [4.69, 9.17) is 52.1 Å². The van der Waals surface area contributed by atoms with Crippen molar-refractivity contribution in [1.29, 1.82) is 0 Å². The third-order valence-electron chi connectivity index (χ3n) is 7.72. The van der Waals surface area contributed by atoms with Crippen molar-refractivity contribution in [3.05, 3.63) is 152 Å². The van der Waals surface area contributed by atoms with Gasteiger partial charge in [-0.05, 0) is 73.5 Å². The first-order chi connectivity index (χ1) is 24.5. The highest BCUT2D eigenvalue weighted by Crippen LogP contribution is 2.38. The molecule has 2 aromatic heterocycles. The van der Waals surface area contributed by atoms with Crippen LogP contribution in [0, 0.1) is 13.8 Å². The van der Waals surface area contributed by atoms with Gasteiger partial charge in [0.1, 0.15) is 11.6 Å². The number of anilines is 4. The van der Waals surface area contributed by atoms with Gasteiger partial charge in [-0.3, -0.25) is 9.59 Å². The van der Waals surface area contributed by atoms with Crippen molar-refractivity contribution in [1.82, 2.24) is 9.97 Å². The van der Waals surface area contributed by atoms with Crippen LogP contribution in [0.2, 0.25) is 20.1 Å². The van der Waals surface area contributed by atoms with Crippen molar-refractivity contribution >= 4 is 88.0 Å². The highest BCUT2D eigenvalue weighted by molar-refractivity contribution is 6.40. The lowest BCUT2D eigenvalue weighted by Gasteiger charge is -2.23. The molecule has 3 N–H and O–H groups in total. The Morgan fingerprint density at radius 3 is 1.59 bits per heavy atom. The summed E-state index contributed by atoms with van der Waals surface area (Å²) in [5.74, 6) is 0.773. The van der Waals surface area contributed by atoms with Crippen LogP contribution < -0.4 is 16.0 Å². The molecule has 51 heavy (non-hydrogen) atoms. The molecule has 2 heterocycles. The van der Waals surface area contributed by atoms with E-state index in [-0.39, 0.29) is 21.6 Å². The molecule has 0 unspecified atom stereocenters. The van der Waals surface area contributed by atoms with Crippen LogP contribution in [0.1, 0.15) is 31.8 Å². The van der Waals surface area contributed by atoms with E-state index < -0.39 is 6.03 Å². The van der Waals surface area contributed by atoms with Crippen LogP contribution in [0.5, 0.6) is 0 Å². The molecule has 6 aromatic rings. The molecule has 256 valence electrons. The molecule has 0 aliphatic carbocycles. The van der Waals surface area contributed by atoms with Crippen molar-refractivity contribution in [2.24, 2.45) is 5.73 Å². The van der Waals surface area contributed by atoms with Gasteiger partial charge >= 0.3 is 6.03 Å². The number of rotatable bonds is 8. The maximum Gasteiger partial charge on any atom is 0.325 e. The molecule has 4 aromatic carbocycles. The number of halogens is 4. The van der Waals surface area contributed by atoms with E-state index in [1.54, 1.807) is 54.6 Å². The van der Waals surface area contributed by atoms with Crippen LogP contribution in [0.15, 0.2) is 109 Å². The predicted molar refractivity (Wildman–Crippen MR) is 208 cm³/mol. The fraction of sp³-hybridized carbons (Fsp3) is 0.0513. The number of carbonyl (C=O) groups is 3. The molecule has 0 saturated carbocycles. The fourth-order valence-corrected chi connectivity index (χ4v) is 6.27. The molecule has 0 fully saturated rings. The molecule has 0 spiro atoms. The minimum absolute atomic E-state index is 0.210. The van der Waals surface area contributed by atoms with Gasteiger partial charge in [0.05, 0.1) is 42.9 Å². The Balaban J connectivity index is 0.000000199. The van der Waals surface area contributed by atoms with Gasteiger partial charge in [0.25, 0.3) is 0 Å². The van der Waals surface area contributed by atoms with E-state index in [9.17, 15) is 14.4 Å². The Morgan fingerprint density at radius 1 is 0.627 bits per heavy atom. The van der Waals surface area contributed by atoms with Crippen molar-refractivity contribution in [3.63, 3.8) is 0 Å². The summed E-state index contributed by atoms with van der Waals surface area (Å²) in [6.07, 6.45) is 1.52. The second kappa shape index (κ2) is 16.6. The van der Waals surface area contributed by atoms with Crippen LogP contribution in [0.3, 0.4) is 0 Å². The highest BCUT2D eigenvalue weighted by atomic mass is 35.5. The molecule has 12 heteroatoms. The van der Waals surface area contributed by atoms with Gasteiger partial charge in [-0.2, -0.15) is 0 Å². The second-order valence-electron chi connectivity index (χ2n) is 11.1. The molecular weight excluding hydrogens is 728 g/mol. The van der Waals surface area contributed by atoms with E-state index in [1.165, 1.54) is 6.07 Å². The van der Waals surface area contributed by atoms with E-state index >= 15 is 0 Å². The number of amides is 2. The van der Waals surface area contributed by atoms with Crippen LogP contribution in [-0.2, 0) is 0 Å². The van der Waals surface area contributed by atoms with Crippen molar-refractivity contribution < 1.29 is 14.4 Å². The Hall–Kier alpha value is -5.25. The minimum atomic E-state index is -0.799. The van der Waals surface area contributed by atoms with Crippen molar-refractivity contribution in [2.75, 3.05) is 10.2 Å². The first kappa shape index (κ1) is 37.0. The van der Waals surface area contributed by atoms with Gasteiger partial charge in [-0.15, -0.1) is 0 Å². The zero-order chi connectivity index (χ0) is 36.7. The number of pyridine rings is 2. The highest BCUT2D eigenvalue weighted by Gasteiger charge is 2.24. The summed E-state index contributed by atoms with van der Waals surface area (Å²) in [7, 11) is 0. The number of urea groups is 1. The second-order valence-corrected chi connectivity index (χ2v) is 12.7. The van der Waals surface area contributed by atoms with Gasteiger partial charge in [-0.25, -0.2) is 19.7 Å². The average Bonchev–Trinajstić information content (AvgIpc) is 3.12. The summed E-state index contributed by atoms with van der Waals surface area (Å²) in [4.78, 5) is 45.4. The lowest BCUT2D eigenvalue weighted by atomic mass is 10.0. The maximum absolute atomic E-state index is 12.2. The molecule has 8 nitrogen and oxygen atoms in total. The summed E-state index contributed by atoms with van der Waals surface area (Å²) in [6.45, 7) is 3.89. The number of nitrogens with one attached hydrogen (secondary N) is 1. The number of para-hydroxylation sites is 2. The summed E-state index contributed by atoms with van der Waals surface area (Å²) in [5, 5.41) is 4.63. The number of aryl methyl sites for hydroxylation is 2. The van der Waals surface area contributed by atoms with Crippen LogP contribution in [0.25, 0.3) is 22.5 Å². The lowest BCUT2D eigenvalue weighted by molar-refractivity contribution is 0.111. The molecule has 0 radical (unpaired) electrons. The molecule has 0 aliphatic heterocycles. The molecule has 0 atom stereocenters. The smallest absolute Gasteiger partial charge is 0.325 e. The van der Waals surface area contributed by atoms with Gasteiger partial charge < -0.3 is 11.1 Å². The number of hydrogen-bond donors (Lipinski definition) is 2.